The number of amides is 2. The highest BCUT2D eigenvalue weighted by atomic mass is 19.1. The molecule has 0 unspecified atom stereocenters. The Balaban J connectivity index is 1.61. The van der Waals surface area contributed by atoms with Crippen molar-refractivity contribution in [2.45, 2.75) is 32.7 Å². The minimum Gasteiger partial charge on any atom is -0.346 e. The molecule has 1 aliphatic rings. The fourth-order valence-corrected chi connectivity index (χ4v) is 3.34. The summed E-state index contributed by atoms with van der Waals surface area (Å²) in [5.74, 6) is -0.408. The zero-order valence-electron chi connectivity index (χ0n) is 13.6. The summed E-state index contributed by atoms with van der Waals surface area (Å²) >= 11 is 0. The molecule has 1 aromatic carbocycles. The highest BCUT2D eigenvalue weighted by Gasteiger charge is 2.25. The lowest BCUT2D eigenvalue weighted by Crippen LogP contribution is -2.41. The van der Waals surface area contributed by atoms with E-state index in [2.05, 4.69) is 35.9 Å². The van der Waals surface area contributed by atoms with E-state index in [0.717, 1.165) is 12.8 Å². The van der Waals surface area contributed by atoms with Crippen LogP contribution >= 0.6 is 0 Å². The summed E-state index contributed by atoms with van der Waals surface area (Å²) in [5.41, 5.74) is 2.75. The SMILES string of the molecule is Cc1ccc(C)n1C1CCN(C(=O)Nc2ccccc2F)CC1. The van der Waals surface area contributed by atoms with Crippen molar-refractivity contribution in [1.82, 2.24) is 9.47 Å². The normalized spacial score (nSPS) is 15.7. The quantitative estimate of drug-likeness (QED) is 0.889. The Kier molecular flexibility index (Phi) is 4.37. The van der Waals surface area contributed by atoms with Gasteiger partial charge in [-0.15, -0.1) is 0 Å². The number of aryl methyl sites for hydroxylation is 2. The van der Waals surface area contributed by atoms with Gasteiger partial charge in [0.15, 0.2) is 0 Å². The molecule has 1 aliphatic heterocycles. The smallest absolute Gasteiger partial charge is 0.321 e. The maximum Gasteiger partial charge on any atom is 0.321 e. The molecule has 4 nitrogen and oxygen atoms in total. The van der Waals surface area contributed by atoms with Crippen molar-refractivity contribution in [2.24, 2.45) is 0 Å². The summed E-state index contributed by atoms with van der Waals surface area (Å²) in [5, 5.41) is 2.66. The van der Waals surface area contributed by atoms with Gasteiger partial charge in [-0.25, -0.2) is 9.18 Å². The Morgan fingerprint density at radius 2 is 1.70 bits per heavy atom. The minimum atomic E-state index is -0.408. The lowest BCUT2D eigenvalue weighted by atomic mass is 10.0. The fourth-order valence-electron chi connectivity index (χ4n) is 3.34. The molecule has 1 N–H and O–H groups in total. The topological polar surface area (TPSA) is 37.3 Å². The van der Waals surface area contributed by atoms with Crippen LogP contribution in [0.25, 0.3) is 0 Å². The van der Waals surface area contributed by atoms with E-state index in [-0.39, 0.29) is 11.7 Å². The molecule has 0 bridgehead atoms. The van der Waals surface area contributed by atoms with Gasteiger partial charge in [0.2, 0.25) is 0 Å². The summed E-state index contributed by atoms with van der Waals surface area (Å²) in [7, 11) is 0. The summed E-state index contributed by atoms with van der Waals surface area (Å²) in [4.78, 5) is 14.0. The molecule has 0 radical (unpaired) electrons. The van der Waals surface area contributed by atoms with E-state index in [9.17, 15) is 9.18 Å². The van der Waals surface area contributed by atoms with Crippen LogP contribution in [-0.2, 0) is 0 Å². The van der Waals surface area contributed by atoms with Crippen molar-refractivity contribution >= 4 is 11.7 Å². The van der Waals surface area contributed by atoms with E-state index in [4.69, 9.17) is 0 Å². The molecule has 0 atom stereocenters. The van der Waals surface area contributed by atoms with Gasteiger partial charge in [0.25, 0.3) is 0 Å². The number of rotatable bonds is 2. The Morgan fingerprint density at radius 1 is 1.09 bits per heavy atom. The fraction of sp³-hybridized carbons (Fsp3) is 0.389. The lowest BCUT2D eigenvalue weighted by Gasteiger charge is -2.34. The molecule has 2 aromatic rings. The average Bonchev–Trinajstić information content (AvgIpc) is 2.88. The molecule has 23 heavy (non-hydrogen) atoms. The number of carbonyl (C=O) groups excluding carboxylic acids is 1. The molecule has 0 saturated carbocycles. The molecule has 1 saturated heterocycles. The van der Waals surface area contributed by atoms with Crippen LogP contribution in [0.15, 0.2) is 36.4 Å². The van der Waals surface area contributed by atoms with Crippen molar-refractivity contribution in [3.63, 3.8) is 0 Å². The van der Waals surface area contributed by atoms with Crippen molar-refractivity contribution in [2.75, 3.05) is 18.4 Å². The number of hydrogen-bond donors (Lipinski definition) is 1. The largest absolute Gasteiger partial charge is 0.346 e. The van der Waals surface area contributed by atoms with Gasteiger partial charge in [-0.1, -0.05) is 12.1 Å². The molecule has 5 heteroatoms. The molecule has 2 heterocycles. The third-order valence-electron chi connectivity index (χ3n) is 4.56. The summed E-state index contributed by atoms with van der Waals surface area (Å²) < 4.78 is 16.0. The predicted octanol–water partition coefficient (Wildman–Crippen LogP) is 4.11. The van der Waals surface area contributed by atoms with Crippen molar-refractivity contribution in [1.29, 1.82) is 0 Å². The molecule has 0 aliphatic carbocycles. The predicted molar refractivity (Wildman–Crippen MR) is 89.2 cm³/mol. The number of piperidine rings is 1. The number of aromatic nitrogens is 1. The molecule has 1 fully saturated rings. The highest BCUT2D eigenvalue weighted by Crippen LogP contribution is 2.26. The molecule has 0 spiro atoms. The molecule has 122 valence electrons. The van der Waals surface area contributed by atoms with Crippen LogP contribution in [-0.4, -0.2) is 28.6 Å². The maximum atomic E-state index is 13.6. The average molecular weight is 315 g/mol. The summed E-state index contributed by atoms with van der Waals surface area (Å²) in [6.45, 7) is 5.60. The van der Waals surface area contributed by atoms with Gasteiger partial charge in [-0.2, -0.15) is 0 Å². The second-order valence-electron chi connectivity index (χ2n) is 6.11. The number of nitrogens with zero attached hydrogens (tertiary/aromatic N) is 2. The first-order valence-electron chi connectivity index (χ1n) is 8.01. The third kappa shape index (κ3) is 3.23. The van der Waals surface area contributed by atoms with Gasteiger partial charge < -0.3 is 14.8 Å². The van der Waals surface area contributed by atoms with Crippen LogP contribution < -0.4 is 5.32 Å². The zero-order valence-corrected chi connectivity index (χ0v) is 13.6. The van der Waals surface area contributed by atoms with Crippen LogP contribution in [0.5, 0.6) is 0 Å². The number of likely N-dealkylation sites (tertiary alicyclic amines) is 1. The number of carbonyl (C=O) groups is 1. The van der Waals surface area contributed by atoms with Crippen molar-refractivity contribution < 1.29 is 9.18 Å². The van der Waals surface area contributed by atoms with E-state index in [1.165, 1.54) is 17.5 Å². The standard InChI is InChI=1S/C18H22FN3O/c1-13-7-8-14(2)22(13)15-9-11-21(12-10-15)18(23)20-17-6-4-3-5-16(17)19/h3-8,15H,9-12H2,1-2H3,(H,20,23). The van der Waals surface area contributed by atoms with Gasteiger partial charge in [-0.3, -0.25) is 0 Å². The Labute approximate surface area is 135 Å². The Hall–Kier alpha value is -2.30. The van der Waals surface area contributed by atoms with Crippen LogP contribution in [0, 0.1) is 19.7 Å². The van der Waals surface area contributed by atoms with E-state index in [1.807, 2.05) is 0 Å². The lowest BCUT2D eigenvalue weighted by molar-refractivity contribution is 0.183. The number of anilines is 1. The number of urea groups is 1. The minimum absolute atomic E-state index is 0.227. The Bertz CT molecular complexity index is 683. The first-order chi connectivity index (χ1) is 11.1. The van der Waals surface area contributed by atoms with Gasteiger partial charge in [0, 0.05) is 30.5 Å². The van der Waals surface area contributed by atoms with Crippen molar-refractivity contribution in [3.8, 4) is 0 Å². The number of nitrogens with one attached hydrogen (secondary N) is 1. The zero-order chi connectivity index (χ0) is 16.4. The summed E-state index contributed by atoms with van der Waals surface area (Å²) in [6, 6.07) is 10.7. The van der Waals surface area contributed by atoms with Crippen LogP contribution in [0.1, 0.15) is 30.3 Å². The molecule has 2 amide bonds. The second-order valence-corrected chi connectivity index (χ2v) is 6.11. The second kappa shape index (κ2) is 6.44. The van der Waals surface area contributed by atoms with Gasteiger partial charge in [0.05, 0.1) is 5.69 Å². The first-order valence-corrected chi connectivity index (χ1v) is 8.01. The van der Waals surface area contributed by atoms with E-state index >= 15 is 0 Å². The first kappa shape index (κ1) is 15.6. The molecular formula is C18H22FN3O. The third-order valence-corrected chi connectivity index (χ3v) is 4.56. The van der Waals surface area contributed by atoms with Crippen LogP contribution in [0.2, 0.25) is 0 Å². The number of benzene rings is 1. The van der Waals surface area contributed by atoms with E-state index in [0.29, 0.717) is 19.1 Å². The number of para-hydroxylation sites is 1. The van der Waals surface area contributed by atoms with E-state index in [1.54, 1.807) is 23.1 Å². The maximum absolute atomic E-state index is 13.6. The van der Waals surface area contributed by atoms with Crippen molar-refractivity contribution in [3.05, 3.63) is 53.6 Å². The number of halogens is 1. The van der Waals surface area contributed by atoms with Crippen LogP contribution in [0.3, 0.4) is 0 Å². The van der Waals surface area contributed by atoms with Crippen LogP contribution in [0.4, 0.5) is 14.9 Å². The molecule has 3 rings (SSSR count). The van der Waals surface area contributed by atoms with E-state index < -0.39 is 5.82 Å². The molecular weight excluding hydrogens is 293 g/mol. The van der Waals surface area contributed by atoms with Gasteiger partial charge in [0.1, 0.15) is 5.82 Å². The summed E-state index contributed by atoms with van der Waals surface area (Å²) in [6.07, 6.45) is 1.84. The Morgan fingerprint density at radius 3 is 2.30 bits per heavy atom. The molecule has 1 aromatic heterocycles. The van der Waals surface area contributed by atoms with Gasteiger partial charge >= 0.3 is 6.03 Å². The highest BCUT2D eigenvalue weighted by molar-refractivity contribution is 5.89. The monoisotopic (exact) mass is 315 g/mol. The number of hydrogen-bond acceptors (Lipinski definition) is 1. The van der Waals surface area contributed by atoms with Gasteiger partial charge in [-0.05, 0) is 51.0 Å².